The Labute approximate surface area is 242 Å². The van der Waals surface area contributed by atoms with Crippen molar-refractivity contribution in [2.24, 2.45) is 11.8 Å². The highest BCUT2D eigenvalue weighted by Crippen LogP contribution is 2.54. The molecule has 0 amide bonds. The van der Waals surface area contributed by atoms with Gasteiger partial charge in [-0.3, -0.25) is 0 Å². The van der Waals surface area contributed by atoms with E-state index in [1.165, 1.54) is 58.8 Å². The first-order chi connectivity index (χ1) is 20.2. The zero-order valence-electron chi connectivity index (χ0n) is 23.7. The van der Waals surface area contributed by atoms with Gasteiger partial charge < -0.3 is 49.2 Å². The highest BCUT2D eigenvalue weighted by molar-refractivity contribution is 5.87. The van der Waals surface area contributed by atoms with Crippen LogP contribution in [0.5, 0.6) is 46.0 Å². The summed E-state index contributed by atoms with van der Waals surface area (Å²) in [6.45, 7) is -0.362. The summed E-state index contributed by atoms with van der Waals surface area (Å²) in [5.41, 5.74) is 2.43. The van der Waals surface area contributed by atoms with Crippen molar-refractivity contribution in [2.75, 3.05) is 41.7 Å². The Morgan fingerprint density at radius 3 is 2.07 bits per heavy atom. The van der Waals surface area contributed by atoms with Crippen LogP contribution in [0.25, 0.3) is 6.08 Å². The fourth-order valence-electron chi connectivity index (χ4n) is 5.46. The van der Waals surface area contributed by atoms with Gasteiger partial charge in [0.05, 0.1) is 35.0 Å². The summed E-state index contributed by atoms with van der Waals surface area (Å²) >= 11 is 0. The standard InChI is InChI=1S/C31H34O11/c1-38-23-12-18(13-24(39-2)29(23)36)27-20(15-42-26(35)8-6-16-5-7-21(33)22(34)9-16)19(14-32)10-17-11-25(40-3)30(37)31(41-4)28(17)27/h5-9,11-13,19-20,27,32-34,36-37H,10,14-15H2,1-4H3/t19-,20-,27+/m0/s1. The average molecular weight is 583 g/mol. The number of carbonyl (C=O) groups excluding carboxylic acids is 1. The third-order valence-corrected chi connectivity index (χ3v) is 7.52. The first-order valence-electron chi connectivity index (χ1n) is 13.1. The predicted molar refractivity (Wildman–Crippen MR) is 152 cm³/mol. The van der Waals surface area contributed by atoms with Gasteiger partial charge in [0.15, 0.2) is 34.5 Å². The second-order valence-corrected chi connectivity index (χ2v) is 9.81. The van der Waals surface area contributed by atoms with Crippen molar-refractivity contribution in [3.63, 3.8) is 0 Å². The molecule has 1 aliphatic rings. The lowest BCUT2D eigenvalue weighted by Gasteiger charge is -2.40. The molecule has 0 saturated heterocycles. The van der Waals surface area contributed by atoms with Crippen molar-refractivity contribution in [3.05, 3.63) is 64.7 Å². The lowest BCUT2D eigenvalue weighted by atomic mass is 9.66. The Morgan fingerprint density at radius 1 is 0.857 bits per heavy atom. The smallest absolute Gasteiger partial charge is 0.330 e. The molecular weight excluding hydrogens is 548 g/mol. The van der Waals surface area contributed by atoms with E-state index >= 15 is 0 Å². The molecule has 0 spiro atoms. The molecule has 1 aliphatic carbocycles. The van der Waals surface area contributed by atoms with E-state index in [2.05, 4.69) is 0 Å². The van der Waals surface area contributed by atoms with E-state index in [1.807, 2.05) is 0 Å². The molecule has 0 saturated carbocycles. The SMILES string of the molecule is COc1cc([C@H]2c3c(cc(OC)c(O)c3OC)C[C@@H](CO)[C@@H]2COC(=O)C=Cc2ccc(O)c(O)c2)cc(OC)c1O. The minimum atomic E-state index is -0.672. The molecule has 0 fully saturated rings. The molecule has 0 unspecified atom stereocenters. The topological polar surface area (TPSA) is 164 Å². The van der Waals surface area contributed by atoms with Gasteiger partial charge in [0, 0.05) is 30.1 Å². The van der Waals surface area contributed by atoms with Crippen molar-refractivity contribution in [1.29, 1.82) is 0 Å². The van der Waals surface area contributed by atoms with Crippen LogP contribution in [0.3, 0.4) is 0 Å². The number of phenolic OH excluding ortho intramolecular Hbond substituents is 4. The van der Waals surface area contributed by atoms with Gasteiger partial charge in [0.2, 0.25) is 11.5 Å². The van der Waals surface area contributed by atoms with E-state index in [4.69, 9.17) is 23.7 Å². The zero-order chi connectivity index (χ0) is 30.6. The zero-order valence-corrected chi connectivity index (χ0v) is 23.7. The van der Waals surface area contributed by atoms with Gasteiger partial charge in [-0.25, -0.2) is 4.79 Å². The number of esters is 1. The van der Waals surface area contributed by atoms with Crippen molar-refractivity contribution < 1.29 is 54.0 Å². The van der Waals surface area contributed by atoms with E-state index in [1.54, 1.807) is 18.2 Å². The molecule has 4 rings (SSSR count). The Balaban J connectivity index is 1.79. The molecule has 3 aromatic rings. The molecule has 5 N–H and O–H groups in total. The average Bonchev–Trinajstić information content (AvgIpc) is 2.99. The van der Waals surface area contributed by atoms with Crippen LogP contribution >= 0.6 is 0 Å². The van der Waals surface area contributed by atoms with Crippen LogP contribution < -0.4 is 18.9 Å². The summed E-state index contributed by atoms with van der Waals surface area (Å²) in [6, 6.07) is 9.06. The lowest BCUT2D eigenvalue weighted by molar-refractivity contribution is -0.140. The number of aliphatic hydroxyl groups excluding tert-OH is 1. The fourth-order valence-corrected chi connectivity index (χ4v) is 5.46. The van der Waals surface area contributed by atoms with Crippen molar-refractivity contribution >= 4 is 12.0 Å². The van der Waals surface area contributed by atoms with Crippen LogP contribution in [0, 0.1) is 11.8 Å². The van der Waals surface area contributed by atoms with Crippen molar-refractivity contribution in [3.8, 4) is 46.0 Å². The number of rotatable bonds is 10. The molecule has 0 aromatic heterocycles. The number of hydrogen-bond acceptors (Lipinski definition) is 11. The molecule has 0 aliphatic heterocycles. The van der Waals surface area contributed by atoms with Gasteiger partial charge in [-0.1, -0.05) is 6.07 Å². The second kappa shape index (κ2) is 12.8. The summed E-state index contributed by atoms with van der Waals surface area (Å²) in [5.74, 6) is -2.55. The normalized spacial score (nSPS) is 17.9. The van der Waals surface area contributed by atoms with Crippen LogP contribution in [-0.2, 0) is 16.0 Å². The van der Waals surface area contributed by atoms with Gasteiger partial charge in [-0.05, 0) is 65.4 Å². The number of aliphatic hydroxyl groups is 1. The van der Waals surface area contributed by atoms with Gasteiger partial charge in [0.1, 0.15) is 0 Å². The third kappa shape index (κ3) is 5.82. The largest absolute Gasteiger partial charge is 0.504 e. The summed E-state index contributed by atoms with van der Waals surface area (Å²) in [6.07, 6.45) is 2.99. The minimum Gasteiger partial charge on any atom is -0.504 e. The number of aromatic hydroxyl groups is 4. The van der Waals surface area contributed by atoms with E-state index in [-0.39, 0.29) is 59.2 Å². The summed E-state index contributed by atoms with van der Waals surface area (Å²) < 4.78 is 27.5. The molecule has 0 heterocycles. The van der Waals surface area contributed by atoms with Gasteiger partial charge in [-0.2, -0.15) is 0 Å². The molecule has 42 heavy (non-hydrogen) atoms. The Morgan fingerprint density at radius 2 is 1.50 bits per heavy atom. The van der Waals surface area contributed by atoms with Gasteiger partial charge in [0.25, 0.3) is 0 Å². The number of ether oxygens (including phenoxy) is 5. The molecule has 224 valence electrons. The van der Waals surface area contributed by atoms with Crippen molar-refractivity contribution in [1.82, 2.24) is 0 Å². The maximum Gasteiger partial charge on any atom is 0.330 e. The van der Waals surface area contributed by atoms with E-state index < -0.39 is 23.7 Å². The first kappa shape index (κ1) is 30.2. The molecule has 0 bridgehead atoms. The van der Waals surface area contributed by atoms with Crippen LogP contribution in [0.2, 0.25) is 0 Å². The van der Waals surface area contributed by atoms with Crippen LogP contribution in [0.4, 0.5) is 0 Å². The summed E-state index contributed by atoms with van der Waals surface area (Å²) in [4.78, 5) is 12.8. The van der Waals surface area contributed by atoms with E-state index in [0.29, 0.717) is 23.1 Å². The molecule has 0 radical (unpaired) electrons. The van der Waals surface area contributed by atoms with E-state index in [9.17, 15) is 30.3 Å². The van der Waals surface area contributed by atoms with Gasteiger partial charge in [-0.15, -0.1) is 0 Å². The molecule has 11 heteroatoms. The number of hydrogen-bond donors (Lipinski definition) is 5. The van der Waals surface area contributed by atoms with Crippen LogP contribution in [-0.4, -0.2) is 73.2 Å². The first-order valence-corrected chi connectivity index (χ1v) is 13.1. The molecule has 3 aromatic carbocycles. The van der Waals surface area contributed by atoms with E-state index in [0.717, 1.165) is 5.56 Å². The third-order valence-electron chi connectivity index (χ3n) is 7.52. The number of benzene rings is 3. The predicted octanol–water partition coefficient (Wildman–Crippen LogP) is 3.71. The Hall–Kier alpha value is -4.77. The molecule has 3 atom stereocenters. The van der Waals surface area contributed by atoms with Crippen LogP contribution in [0.1, 0.15) is 28.2 Å². The number of methoxy groups -OCH3 is 4. The quantitative estimate of drug-likeness (QED) is 0.134. The van der Waals surface area contributed by atoms with Crippen molar-refractivity contribution in [2.45, 2.75) is 12.3 Å². The maximum absolute atomic E-state index is 12.8. The number of fused-ring (bicyclic) bond motifs is 1. The summed E-state index contributed by atoms with van der Waals surface area (Å²) in [7, 11) is 5.65. The molecule has 11 nitrogen and oxygen atoms in total. The lowest BCUT2D eigenvalue weighted by Crippen LogP contribution is -2.36. The van der Waals surface area contributed by atoms with Gasteiger partial charge >= 0.3 is 5.97 Å². The highest BCUT2D eigenvalue weighted by atomic mass is 16.5. The number of phenols is 4. The molecular formula is C31H34O11. The Bertz CT molecular complexity index is 1460. The van der Waals surface area contributed by atoms with Crippen LogP contribution in [0.15, 0.2) is 42.5 Å². The Kier molecular flexibility index (Phi) is 9.21. The number of carbonyl (C=O) groups is 1. The maximum atomic E-state index is 12.8. The monoisotopic (exact) mass is 582 g/mol. The minimum absolute atomic E-state index is 0.124. The second-order valence-electron chi connectivity index (χ2n) is 9.81. The fraction of sp³-hybridized carbons (Fsp3) is 0.323. The summed E-state index contributed by atoms with van der Waals surface area (Å²) in [5, 5.41) is 51.2. The highest BCUT2D eigenvalue weighted by Gasteiger charge is 2.42.